The lowest BCUT2D eigenvalue weighted by molar-refractivity contribution is -0.125. The van der Waals surface area contributed by atoms with Crippen LogP contribution in [0.1, 0.15) is 19.4 Å². The molecule has 19 heavy (non-hydrogen) atoms. The second-order valence-electron chi connectivity index (χ2n) is 5.05. The standard InChI is InChI=1S/C17H19NO/c1-13(2)11-17(19)18(3)12-15-9-6-8-14-7-4-5-10-16(14)15/h4-11H,12H2,1-3H3. The predicted molar refractivity (Wildman–Crippen MR) is 79.9 cm³/mol. The molecule has 0 bridgehead atoms. The quantitative estimate of drug-likeness (QED) is 0.763. The van der Waals surface area contributed by atoms with E-state index in [2.05, 4.69) is 24.3 Å². The van der Waals surface area contributed by atoms with Crippen LogP contribution in [0.5, 0.6) is 0 Å². The Morgan fingerprint density at radius 3 is 2.53 bits per heavy atom. The molecule has 2 nitrogen and oxygen atoms in total. The lowest BCUT2D eigenvalue weighted by Gasteiger charge is -2.17. The highest BCUT2D eigenvalue weighted by Crippen LogP contribution is 2.19. The first-order valence-electron chi connectivity index (χ1n) is 6.44. The van der Waals surface area contributed by atoms with E-state index in [9.17, 15) is 4.79 Å². The summed E-state index contributed by atoms with van der Waals surface area (Å²) in [6.07, 6.45) is 1.67. The third kappa shape index (κ3) is 3.22. The number of hydrogen-bond donors (Lipinski definition) is 0. The Morgan fingerprint density at radius 1 is 1.11 bits per heavy atom. The molecule has 98 valence electrons. The van der Waals surface area contributed by atoms with Gasteiger partial charge in [0.15, 0.2) is 0 Å². The summed E-state index contributed by atoms with van der Waals surface area (Å²) < 4.78 is 0. The second-order valence-corrected chi connectivity index (χ2v) is 5.05. The van der Waals surface area contributed by atoms with Gasteiger partial charge in [-0.1, -0.05) is 48.0 Å². The minimum absolute atomic E-state index is 0.0490. The van der Waals surface area contributed by atoms with Crippen molar-refractivity contribution in [3.63, 3.8) is 0 Å². The minimum atomic E-state index is 0.0490. The maximum absolute atomic E-state index is 11.9. The summed E-state index contributed by atoms with van der Waals surface area (Å²) in [4.78, 5) is 13.7. The lowest BCUT2D eigenvalue weighted by atomic mass is 10.0. The Morgan fingerprint density at radius 2 is 1.79 bits per heavy atom. The molecule has 0 spiro atoms. The Labute approximate surface area is 114 Å². The Bertz CT molecular complexity index is 619. The van der Waals surface area contributed by atoms with Crippen molar-refractivity contribution in [3.05, 3.63) is 59.7 Å². The van der Waals surface area contributed by atoms with Gasteiger partial charge in [0.25, 0.3) is 0 Å². The van der Waals surface area contributed by atoms with Gasteiger partial charge in [-0.2, -0.15) is 0 Å². The molecule has 0 saturated carbocycles. The fraction of sp³-hybridized carbons (Fsp3) is 0.235. The topological polar surface area (TPSA) is 20.3 Å². The van der Waals surface area contributed by atoms with Crippen LogP contribution in [0.2, 0.25) is 0 Å². The fourth-order valence-corrected chi connectivity index (χ4v) is 2.12. The van der Waals surface area contributed by atoms with Crippen LogP contribution in [-0.4, -0.2) is 17.9 Å². The molecule has 2 rings (SSSR count). The highest BCUT2D eigenvalue weighted by molar-refractivity contribution is 5.89. The first kappa shape index (κ1) is 13.3. The normalized spacial score (nSPS) is 10.3. The number of carbonyl (C=O) groups excluding carboxylic acids is 1. The maximum Gasteiger partial charge on any atom is 0.246 e. The van der Waals surface area contributed by atoms with Crippen LogP contribution < -0.4 is 0 Å². The first-order valence-corrected chi connectivity index (χ1v) is 6.44. The van der Waals surface area contributed by atoms with E-state index >= 15 is 0 Å². The Kier molecular flexibility index (Phi) is 4.00. The van der Waals surface area contributed by atoms with Crippen LogP contribution in [0.25, 0.3) is 10.8 Å². The van der Waals surface area contributed by atoms with Crippen LogP contribution in [0, 0.1) is 0 Å². The zero-order valence-electron chi connectivity index (χ0n) is 11.7. The monoisotopic (exact) mass is 253 g/mol. The first-order chi connectivity index (χ1) is 9.08. The number of rotatable bonds is 3. The van der Waals surface area contributed by atoms with Gasteiger partial charge >= 0.3 is 0 Å². The van der Waals surface area contributed by atoms with Crippen LogP contribution in [0.4, 0.5) is 0 Å². The van der Waals surface area contributed by atoms with Crippen molar-refractivity contribution in [2.75, 3.05) is 7.05 Å². The summed E-state index contributed by atoms with van der Waals surface area (Å²) >= 11 is 0. The zero-order valence-corrected chi connectivity index (χ0v) is 11.7. The van der Waals surface area contributed by atoms with E-state index in [0.29, 0.717) is 6.54 Å². The molecule has 2 heteroatoms. The SMILES string of the molecule is CC(C)=CC(=O)N(C)Cc1cccc2ccccc12. The number of fused-ring (bicyclic) bond motifs is 1. The van der Waals surface area contributed by atoms with Crippen molar-refractivity contribution >= 4 is 16.7 Å². The molecule has 0 unspecified atom stereocenters. The third-order valence-electron chi connectivity index (χ3n) is 3.08. The van der Waals surface area contributed by atoms with Crippen LogP contribution >= 0.6 is 0 Å². The van der Waals surface area contributed by atoms with Gasteiger partial charge in [0.05, 0.1) is 0 Å². The van der Waals surface area contributed by atoms with Gasteiger partial charge in [0, 0.05) is 19.7 Å². The number of amides is 1. The highest BCUT2D eigenvalue weighted by Gasteiger charge is 2.08. The van der Waals surface area contributed by atoms with Crippen molar-refractivity contribution in [1.29, 1.82) is 0 Å². The number of allylic oxidation sites excluding steroid dienone is 1. The van der Waals surface area contributed by atoms with E-state index in [1.54, 1.807) is 11.0 Å². The number of benzene rings is 2. The molecule has 0 aromatic heterocycles. The van der Waals surface area contributed by atoms with Crippen LogP contribution in [-0.2, 0) is 11.3 Å². The summed E-state index contributed by atoms with van der Waals surface area (Å²) in [5, 5.41) is 2.42. The van der Waals surface area contributed by atoms with Crippen molar-refractivity contribution in [1.82, 2.24) is 4.90 Å². The minimum Gasteiger partial charge on any atom is -0.338 e. The molecule has 0 N–H and O–H groups in total. The summed E-state index contributed by atoms with van der Waals surface area (Å²) in [6.45, 7) is 4.50. The molecule has 0 atom stereocenters. The molecule has 1 amide bonds. The molecule has 2 aromatic carbocycles. The van der Waals surface area contributed by atoms with E-state index in [4.69, 9.17) is 0 Å². The van der Waals surface area contributed by atoms with Gasteiger partial charge < -0.3 is 4.90 Å². The van der Waals surface area contributed by atoms with E-state index in [0.717, 1.165) is 5.57 Å². The van der Waals surface area contributed by atoms with Gasteiger partial charge in [-0.25, -0.2) is 0 Å². The van der Waals surface area contributed by atoms with E-state index < -0.39 is 0 Å². The van der Waals surface area contributed by atoms with Crippen molar-refractivity contribution in [3.8, 4) is 0 Å². The molecule has 0 saturated heterocycles. The summed E-state index contributed by atoms with van der Waals surface area (Å²) in [5.41, 5.74) is 2.20. The summed E-state index contributed by atoms with van der Waals surface area (Å²) in [6, 6.07) is 14.5. The Balaban J connectivity index is 2.26. The van der Waals surface area contributed by atoms with Crippen molar-refractivity contribution in [2.24, 2.45) is 0 Å². The molecular weight excluding hydrogens is 234 g/mol. The molecule has 0 aliphatic carbocycles. The number of hydrogen-bond acceptors (Lipinski definition) is 1. The molecule has 0 aliphatic heterocycles. The predicted octanol–water partition coefficient (Wildman–Crippen LogP) is 3.76. The Hall–Kier alpha value is -2.09. The molecule has 2 aromatic rings. The average Bonchev–Trinajstić information content (AvgIpc) is 2.38. The summed E-state index contributed by atoms with van der Waals surface area (Å²) in [7, 11) is 1.84. The van der Waals surface area contributed by atoms with Crippen molar-refractivity contribution in [2.45, 2.75) is 20.4 Å². The highest BCUT2D eigenvalue weighted by atomic mass is 16.2. The maximum atomic E-state index is 11.9. The van der Waals surface area contributed by atoms with Crippen LogP contribution in [0.3, 0.4) is 0 Å². The lowest BCUT2D eigenvalue weighted by Crippen LogP contribution is -2.24. The van der Waals surface area contributed by atoms with Crippen LogP contribution in [0.15, 0.2) is 54.1 Å². The fourth-order valence-electron chi connectivity index (χ4n) is 2.12. The van der Waals surface area contributed by atoms with Crippen molar-refractivity contribution < 1.29 is 4.79 Å². The van der Waals surface area contributed by atoms with Gasteiger partial charge in [-0.3, -0.25) is 4.79 Å². The van der Waals surface area contributed by atoms with Gasteiger partial charge in [0.2, 0.25) is 5.91 Å². The van der Waals surface area contributed by atoms with Gasteiger partial charge in [-0.05, 0) is 30.2 Å². The smallest absolute Gasteiger partial charge is 0.246 e. The molecule has 0 fully saturated rings. The molecular formula is C17H19NO. The number of likely N-dealkylation sites (N-methyl/N-ethyl adjacent to an activating group) is 1. The molecule has 0 radical (unpaired) electrons. The molecule has 0 aliphatic rings. The summed E-state index contributed by atoms with van der Waals surface area (Å²) in [5.74, 6) is 0.0490. The number of carbonyl (C=O) groups is 1. The second kappa shape index (κ2) is 5.70. The third-order valence-corrected chi connectivity index (χ3v) is 3.08. The largest absolute Gasteiger partial charge is 0.338 e. The van der Waals surface area contributed by atoms with E-state index in [1.165, 1.54) is 16.3 Å². The average molecular weight is 253 g/mol. The van der Waals surface area contributed by atoms with Gasteiger partial charge in [0.1, 0.15) is 0 Å². The zero-order chi connectivity index (χ0) is 13.8. The van der Waals surface area contributed by atoms with Gasteiger partial charge in [-0.15, -0.1) is 0 Å². The number of nitrogens with zero attached hydrogens (tertiary/aromatic N) is 1. The van der Waals surface area contributed by atoms with E-state index in [1.807, 2.05) is 39.1 Å². The van der Waals surface area contributed by atoms with E-state index in [-0.39, 0.29) is 5.91 Å². The molecule has 0 heterocycles.